The molecule has 0 aliphatic rings. The molecule has 0 radical (unpaired) electrons. The molecule has 0 bridgehead atoms. The summed E-state index contributed by atoms with van der Waals surface area (Å²) >= 11 is 0. The molecule has 0 fully saturated rings. The predicted octanol–water partition coefficient (Wildman–Crippen LogP) is 6.16. The maximum atomic E-state index is 10.3. The summed E-state index contributed by atoms with van der Waals surface area (Å²) in [5, 5.41) is 10.3. The van der Waals surface area contributed by atoms with Crippen LogP contribution in [0.3, 0.4) is 0 Å². The fourth-order valence-corrected chi connectivity index (χ4v) is 3.03. The van der Waals surface area contributed by atoms with Gasteiger partial charge in [0.25, 0.3) is 0 Å². The standard InChI is InChI=1S/C23H21NO2/c1-23(2,3)17-10-12-21-19(14-17)24-22(26-21)18-13-16(9-11-20(18)25)15-7-5-4-6-8-15/h4-14,25H,1-3H3. The summed E-state index contributed by atoms with van der Waals surface area (Å²) in [5.41, 5.74) is 5.46. The SMILES string of the molecule is CC(C)(C)c1ccc2oc(-c3cc(-c4ccccc4)ccc3O)nc2c1. The van der Waals surface area contributed by atoms with Crippen LogP contribution in [0, 0.1) is 0 Å². The first-order valence-electron chi connectivity index (χ1n) is 8.72. The second kappa shape index (κ2) is 6.03. The van der Waals surface area contributed by atoms with E-state index < -0.39 is 0 Å². The quantitative estimate of drug-likeness (QED) is 0.474. The number of oxazole rings is 1. The van der Waals surface area contributed by atoms with Crippen LogP contribution in [0.1, 0.15) is 26.3 Å². The lowest BCUT2D eigenvalue weighted by Crippen LogP contribution is -2.10. The van der Waals surface area contributed by atoms with E-state index in [1.165, 1.54) is 5.56 Å². The number of phenolic OH excluding ortho intramolecular Hbond substituents is 1. The molecular weight excluding hydrogens is 322 g/mol. The third kappa shape index (κ3) is 2.97. The molecule has 0 aliphatic heterocycles. The third-order valence-electron chi connectivity index (χ3n) is 4.59. The highest BCUT2D eigenvalue weighted by Crippen LogP contribution is 2.35. The molecule has 0 spiro atoms. The first-order chi connectivity index (χ1) is 12.4. The molecule has 3 nitrogen and oxygen atoms in total. The Morgan fingerprint density at radius 1 is 0.846 bits per heavy atom. The van der Waals surface area contributed by atoms with Crippen LogP contribution >= 0.6 is 0 Å². The van der Waals surface area contributed by atoms with Crippen LogP contribution in [0.15, 0.2) is 71.1 Å². The number of hydrogen-bond acceptors (Lipinski definition) is 3. The minimum atomic E-state index is 0.0443. The molecule has 3 aromatic carbocycles. The zero-order chi connectivity index (χ0) is 18.3. The van der Waals surface area contributed by atoms with Crippen molar-refractivity contribution in [2.24, 2.45) is 0 Å². The Kier molecular flexibility index (Phi) is 3.80. The number of phenols is 1. The minimum Gasteiger partial charge on any atom is -0.507 e. The van der Waals surface area contributed by atoms with Crippen molar-refractivity contribution in [1.29, 1.82) is 0 Å². The Morgan fingerprint density at radius 3 is 2.35 bits per heavy atom. The normalized spacial score (nSPS) is 11.8. The molecular formula is C23H21NO2. The van der Waals surface area contributed by atoms with Gasteiger partial charge in [-0.3, -0.25) is 0 Å². The lowest BCUT2D eigenvalue weighted by molar-refractivity contribution is 0.474. The van der Waals surface area contributed by atoms with Crippen LogP contribution < -0.4 is 0 Å². The van der Waals surface area contributed by atoms with Crippen molar-refractivity contribution in [3.05, 3.63) is 72.3 Å². The van der Waals surface area contributed by atoms with Gasteiger partial charge in [0.2, 0.25) is 5.89 Å². The second-order valence-electron chi connectivity index (χ2n) is 7.55. The van der Waals surface area contributed by atoms with Gasteiger partial charge in [0.05, 0.1) is 5.56 Å². The van der Waals surface area contributed by atoms with Crippen LogP contribution in [-0.2, 0) is 5.41 Å². The van der Waals surface area contributed by atoms with Gasteiger partial charge < -0.3 is 9.52 Å². The third-order valence-corrected chi connectivity index (χ3v) is 4.59. The average molecular weight is 343 g/mol. The lowest BCUT2D eigenvalue weighted by atomic mass is 9.87. The van der Waals surface area contributed by atoms with Gasteiger partial charge in [-0.2, -0.15) is 0 Å². The summed E-state index contributed by atoms with van der Waals surface area (Å²) in [5.74, 6) is 0.591. The number of hydrogen-bond donors (Lipinski definition) is 1. The fourth-order valence-electron chi connectivity index (χ4n) is 3.03. The summed E-state index contributed by atoms with van der Waals surface area (Å²) in [6, 6.07) is 21.6. The predicted molar refractivity (Wildman–Crippen MR) is 105 cm³/mol. The van der Waals surface area contributed by atoms with Crippen molar-refractivity contribution < 1.29 is 9.52 Å². The minimum absolute atomic E-state index is 0.0443. The molecule has 3 heteroatoms. The van der Waals surface area contributed by atoms with E-state index >= 15 is 0 Å². The van der Waals surface area contributed by atoms with Crippen molar-refractivity contribution in [1.82, 2.24) is 4.98 Å². The van der Waals surface area contributed by atoms with E-state index in [2.05, 4.69) is 37.9 Å². The van der Waals surface area contributed by atoms with Crippen molar-refractivity contribution in [3.8, 4) is 28.3 Å². The topological polar surface area (TPSA) is 46.3 Å². The molecule has 0 amide bonds. The summed E-state index contributed by atoms with van der Waals surface area (Å²) in [7, 11) is 0. The Balaban J connectivity index is 1.82. The highest BCUT2D eigenvalue weighted by Gasteiger charge is 2.17. The van der Waals surface area contributed by atoms with Gasteiger partial charge in [0, 0.05) is 0 Å². The highest BCUT2D eigenvalue weighted by molar-refractivity contribution is 5.80. The zero-order valence-electron chi connectivity index (χ0n) is 15.2. The Labute approximate surface area is 152 Å². The van der Waals surface area contributed by atoms with Gasteiger partial charge in [-0.05, 0) is 46.4 Å². The van der Waals surface area contributed by atoms with Crippen LogP contribution in [-0.4, -0.2) is 10.1 Å². The van der Waals surface area contributed by atoms with Gasteiger partial charge in [-0.1, -0.05) is 63.2 Å². The van der Waals surface area contributed by atoms with E-state index in [0.29, 0.717) is 11.5 Å². The monoisotopic (exact) mass is 343 g/mol. The Hall–Kier alpha value is -3.07. The number of rotatable bonds is 2. The average Bonchev–Trinajstić information content (AvgIpc) is 3.05. The van der Waals surface area contributed by atoms with Crippen LogP contribution in [0.4, 0.5) is 0 Å². The van der Waals surface area contributed by atoms with E-state index in [4.69, 9.17) is 4.42 Å². The van der Waals surface area contributed by atoms with Gasteiger partial charge in [0.15, 0.2) is 5.58 Å². The molecule has 0 aliphatic carbocycles. The van der Waals surface area contributed by atoms with Crippen LogP contribution in [0.5, 0.6) is 5.75 Å². The maximum absolute atomic E-state index is 10.3. The Bertz CT molecular complexity index is 1070. The number of benzene rings is 3. The largest absolute Gasteiger partial charge is 0.507 e. The molecule has 1 N–H and O–H groups in total. The van der Waals surface area contributed by atoms with Gasteiger partial charge in [0.1, 0.15) is 11.3 Å². The van der Waals surface area contributed by atoms with E-state index in [-0.39, 0.29) is 11.2 Å². The van der Waals surface area contributed by atoms with Crippen molar-refractivity contribution >= 4 is 11.1 Å². The lowest BCUT2D eigenvalue weighted by Gasteiger charge is -2.18. The highest BCUT2D eigenvalue weighted by atomic mass is 16.3. The molecule has 1 heterocycles. The van der Waals surface area contributed by atoms with Crippen molar-refractivity contribution in [2.45, 2.75) is 26.2 Å². The number of aromatic nitrogens is 1. The molecule has 1 aromatic heterocycles. The number of nitrogens with zero attached hydrogens (tertiary/aromatic N) is 1. The van der Waals surface area contributed by atoms with Crippen molar-refractivity contribution in [2.75, 3.05) is 0 Å². The smallest absolute Gasteiger partial charge is 0.231 e. The molecule has 0 unspecified atom stereocenters. The van der Waals surface area contributed by atoms with E-state index in [9.17, 15) is 5.11 Å². The van der Waals surface area contributed by atoms with Gasteiger partial charge >= 0.3 is 0 Å². The molecule has 4 aromatic rings. The van der Waals surface area contributed by atoms with Crippen LogP contribution in [0.2, 0.25) is 0 Å². The summed E-state index contributed by atoms with van der Waals surface area (Å²) in [4.78, 5) is 4.63. The first kappa shape index (κ1) is 16.4. The van der Waals surface area contributed by atoms with E-state index in [0.717, 1.165) is 22.2 Å². The maximum Gasteiger partial charge on any atom is 0.231 e. The van der Waals surface area contributed by atoms with Crippen LogP contribution in [0.25, 0.3) is 33.7 Å². The summed E-state index contributed by atoms with van der Waals surface area (Å²) in [6.45, 7) is 6.51. The summed E-state index contributed by atoms with van der Waals surface area (Å²) < 4.78 is 5.92. The van der Waals surface area contributed by atoms with Gasteiger partial charge in [-0.15, -0.1) is 0 Å². The second-order valence-corrected chi connectivity index (χ2v) is 7.55. The molecule has 26 heavy (non-hydrogen) atoms. The molecule has 0 atom stereocenters. The Morgan fingerprint density at radius 2 is 1.62 bits per heavy atom. The van der Waals surface area contributed by atoms with E-state index in [1.807, 2.05) is 48.5 Å². The number of fused-ring (bicyclic) bond motifs is 1. The van der Waals surface area contributed by atoms with Crippen molar-refractivity contribution in [3.63, 3.8) is 0 Å². The molecule has 0 saturated heterocycles. The van der Waals surface area contributed by atoms with Gasteiger partial charge in [-0.25, -0.2) is 4.98 Å². The zero-order valence-corrected chi connectivity index (χ0v) is 15.2. The fraction of sp³-hybridized carbons (Fsp3) is 0.174. The molecule has 130 valence electrons. The first-order valence-corrected chi connectivity index (χ1v) is 8.72. The van der Waals surface area contributed by atoms with E-state index in [1.54, 1.807) is 6.07 Å². The molecule has 4 rings (SSSR count). The number of aromatic hydroxyl groups is 1. The molecule has 0 saturated carbocycles. The summed E-state index contributed by atoms with van der Waals surface area (Å²) in [6.07, 6.45) is 0.